The second-order valence-corrected chi connectivity index (χ2v) is 8.73. The Morgan fingerprint density at radius 1 is 1.00 bits per heavy atom. The standard InChI is InChI=1S/C26H20BrFN4O/c27-17-5-7-23-19(9-17)22(14-30-23)25-11-21(20-10-18(28)6-8-24(20)32-25)26(33)31-13-16-3-1-15(12-29)2-4-16/h1-11,14,30H,12-13,29H2,(H,31,33). The molecule has 0 saturated heterocycles. The Labute approximate surface area is 198 Å². The van der Waals surface area contributed by atoms with Crippen molar-refractivity contribution < 1.29 is 9.18 Å². The van der Waals surface area contributed by atoms with Gasteiger partial charge < -0.3 is 16.0 Å². The number of pyridine rings is 1. The summed E-state index contributed by atoms with van der Waals surface area (Å²) in [6.07, 6.45) is 1.87. The van der Waals surface area contributed by atoms with Gasteiger partial charge in [-0.25, -0.2) is 9.37 Å². The number of amides is 1. The molecular weight excluding hydrogens is 483 g/mol. The first-order valence-corrected chi connectivity index (χ1v) is 11.2. The van der Waals surface area contributed by atoms with E-state index in [1.807, 2.05) is 48.7 Å². The molecule has 0 atom stereocenters. The van der Waals surface area contributed by atoms with Crippen molar-refractivity contribution in [2.45, 2.75) is 13.1 Å². The molecule has 0 radical (unpaired) electrons. The maximum absolute atomic E-state index is 14.0. The highest BCUT2D eigenvalue weighted by molar-refractivity contribution is 9.10. The summed E-state index contributed by atoms with van der Waals surface area (Å²) in [7, 11) is 0. The third-order valence-electron chi connectivity index (χ3n) is 5.65. The topological polar surface area (TPSA) is 83.8 Å². The summed E-state index contributed by atoms with van der Waals surface area (Å²) in [6.45, 7) is 0.812. The number of halogens is 2. The maximum Gasteiger partial charge on any atom is 0.252 e. The summed E-state index contributed by atoms with van der Waals surface area (Å²) < 4.78 is 15.0. The highest BCUT2D eigenvalue weighted by Gasteiger charge is 2.17. The molecule has 4 N–H and O–H groups in total. The number of carbonyl (C=O) groups is 1. The monoisotopic (exact) mass is 502 g/mol. The van der Waals surface area contributed by atoms with Gasteiger partial charge in [0.1, 0.15) is 5.82 Å². The SMILES string of the molecule is NCc1ccc(CNC(=O)c2cc(-c3c[nH]c4ccc(Br)cc34)nc3ccc(F)cc23)cc1. The molecule has 0 saturated carbocycles. The lowest BCUT2D eigenvalue weighted by molar-refractivity contribution is 0.0952. The number of fused-ring (bicyclic) bond motifs is 2. The highest BCUT2D eigenvalue weighted by atomic mass is 79.9. The first-order valence-electron chi connectivity index (χ1n) is 10.5. The van der Waals surface area contributed by atoms with Crippen molar-refractivity contribution in [3.63, 3.8) is 0 Å². The lowest BCUT2D eigenvalue weighted by Gasteiger charge is -2.11. The second-order valence-electron chi connectivity index (χ2n) is 7.81. The number of aromatic amines is 1. The summed E-state index contributed by atoms with van der Waals surface area (Å²) in [6, 6.07) is 19.7. The molecule has 0 aliphatic rings. The minimum absolute atomic E-state index is 0.293. The minimum Gasteiger partial charge on any atom is -0.360 e. The molecule has 3 aromatic carbocycles. The summed E-state index contributed by atoms with van der Waals surface area (Å²) in [5.74, 6) is -0.710. The van der Waals surface area contributed by atoms with Gasteiger partial charge in [-0.05, 0) is 53.6 Å². The zero-order valence-corrected chi connectivity index (χ0v) is 19.1. The number of hydrogen-bond acceptors (Lipinski definition) is 3. The molecule has 5 aromatic rings. The fourth-order valence-corrected chi connectivity index (χ4v) is 4.26. The van der Waals surface area contributed by atoms with Crippen molar-refractivity contribution >= 4 is 43.6 Å². The van der Waals surface area contributed by atoms with Crippen LogP contribution in [0.15, 0.2) is 77.4 Å². The number of nitrogens with one attached hydrogen (secondary N) is 2. The van der Waals surface area contributed by atoms with Crippen molar-refractivity contribution in [1.82, 2.24) is 15.3 Å². The molecule has 0 aliphatic heterocycles. The van der Waals surface area contributed by atoms with E-state index in [9.17, 15) is 9.18 Å². The Balaban J connectivity index is 1.55. The Morgan fingerprint density at radius 3 is 2.58 bits per heavy atom. The molecule has 2 aromatic heterocycles. The molecule has 0 fully saturated rings. The predicted molar refractivity (Wildman–Crippen MR) is 132 cm³/mol. The van der Waals surface area contributed by atoms with Gasteiger partial charge in [0.2, 0.25) is 0 Å². The average molecular weight is 503 g/mol. The third-order valence-corrected chi connectivity index (χ3v) is 6.14. The smallest absolute Gasteiger partial charge is 0.252 e. The fourth-order valence-electron chi connectivity index (χ4n) is 3.90. The zero-order chi connectivity index (χ0) is 22.9. The quantitative estimate of drug-likeness (QED) is 0.289. The van der Waals surface area contributed by atoms with E-state index in [1.165, 1.54) is 12.1 Å². The molecule has 0 aliphatic carbocycles. The second kappa shape index (κ2) is 8.77. The van der Waals surface area contributed by atoms with Gasteiger partial charge in [0, 0.05) is 45.6 Å². The van der Waals surface area contributed by atoms with Crippen LogP contribution in [0.25, 0.3) is 33.1 Å². The van der Waals surface area contributed by atoms with Gasteiger partial charge in [0.15, 0.2) is 0 Å². The summed E-state index contributed by atoms with van der Waals surface area (Å²) in [5.41, 5.74) is 11.0. The van der Waals surface area contributed by atoms with Crippen LogP contribution in [0.2, 0.25) is 0 Å². The number of rotatable bonds is 5. The van der Waals surface area contributed by atoms with Crippen LogP contribution in [-0.4, -0.2) is 15.9 Å². The van der Waals surface area contributed by atoms with E-state index in [4.69, 9.17) is 10.7 Å². The number of aromatic nitrogens is 2. The van der Waals surface area contributed by atoms with Crippen LogP contribution >= 0.6 is 15.9 Å². The summed E-state index contributed by atoms with van der Waals surface area (Å²) in [4.78, 5) is 21.2. The number of hydrogen-bond donors (Lipinski definition) is 3. The van der Waals surface area contributed by atoms with Crippen molar-refractivity contribution in [3.8, 4) is 11.3 Å². The Morgan fingerprint density at radius 2 is 1.79 bits per heavy atom. The van der Waals surface area contributed by atoms with Crippen molar-refractivity contribution in [1.29, 1.82) is 0 Å². The van der Waals surface area contributed by atoms with E-state index in [1.54, 1.807) is 12.1 Å². The van der Waals surface area contributed by atoms with Gasteiger partial charge in [-0.2, -0.15) is 0 Å². The van der Waals surface area contributed by atoms with Crippen molar-refractivity contribution in [2.75, 3.05) is 0 Å². The lowest BCUT2D eigenvalue weighted by atomic mass is 10.0. The van der Waals surface area contributed by atoms with Gasteiger partial charge in [-0.15, -0.1) is 0 Å². The van der Waals surface area contributed by atoms with Crippen molar-refractivity contribution in [2.24, 2.45) is 5.73 Å². The van der Waals surface area contributed by atoms with E-state index in [0.717, 1.165) is 32.1 Å². The van der Waals surface area contributed by atoms with E-state index in [-0.39, 0.29) is 5.91 Å². The number of H-pyrrole nitrogens is 1. The molecule has 5 rings (SSSR count). The maximum atomic E-state index is 14.0. The molecular formula is C26H20BrFN4O. The number of nitrogens with two attached hydrogens (primary N) is 1. The van der Waals surface area contributed by atoms with Crippen LogP contribution in [-0.2, 0) is 13.1 Å². The highest BCUT2D eigenvalue weighted by Crippen LogP contribution is 2.32. The molecule has 0 bridgehead atoms. The first kappa shape index (κ1) is 21.3. The van der Waals surface area contributed by atoms with Crippen LogP contribution in [0, 0.1) is 5.82 Å². The minimum atomic E-state index is -0.417. The van der Waals surface area contributed by atoms with E-state index in [2.05, 4.69) is 26.2 Å². The average Bonchev–Trinajstić information content (AvgIpc) is 3.25. The fraction of sp³-hybridized carbons (Fsp3) is 0.0769. The Hall–Kier alpha value is -3.55. The summed E-state index contributed by atoms with van der Waals surface area (Å²) >= 11 is 3.51. The molecule has 0 unspecified atom stereocenters. The molecule has 164 valence electrons. The predicted octanol–water partition coefficient (Wildman–Crippen LogP) is 5.67. The van der Waals surface area contributed by atoms with Gasteiger partial charge >= 0.3 is 0 Å². The Bertz CT molecular complexity index is 1490. The normalized spacial score (nSPS) is 11.2. The van der Waals surface area contributed by atoms with E-state index in [0.29, 0.717) is 35.2 Å². The van der Waals surface area contributed by atoms with Crippen LogP contribution in [0.1, 0.15) is 21.5 Å². The molecule has 5 nitrogen and oxygen atoms in total. The van der Waals surface area contributed by atoms with Gasteiger partial charge in [0.25, 0.3) is 5.91 Å². The zero-order valence-electron chi connectivity index (χ0n) is 17.5. The number of nitrogens with zero attached hydrogens (tertiary/aromatic N) is 1. The van der Waals surface area contributed by atoms with Gasteiger partial charge in [-0.3, -0.25) is 4.79 Å². The summed E-state index contributed by atoms with van der Waals surface area (Å²) in [5, 5.41) is 4.39. The van der Waals surface area contributed by atoms with Crippen molar-refractivity contribution in [3.05, 3.63) is 99.9 Å². The Kier molecular flexibility index (Phi) is 5.66. The van der Waals surface area contributed by atoms with E-state index < -0.39 is 5.82 Å². The third kappa shape index (κ3) is 4.25. The molecule has 1 amide bonds. The first-order chi connectivity index (χ1) is 16.0. The lowest BCUT2D eigenvalue weighted by Crippen LogP contribution is -2.23. The number of benzene rings is 3. The molecule has 33 heavy (non-hydrogen) atoms. The van der Waals surface area contributed by atoms with E-state index >= 15 is 0 Å². The number of carbonyl (C=O) groups excluding carboxylic acids is 1. The van der Waals surface area contributed by atoms with Crippen LogP contribution in [0.5, 0.6) is 0 Å². The molecule has 7 heteroatoms. The van der Waals surface area contributed by atoms with Crippen LogP contribution in [0.3, 0.4) is 0 Å². The molecule has 0 spiro atoms. The van der Waals surface area contributed by atoms with Gasteiger partial charge in [0.05, 0.1) is 16.8 Å². The molecule has 2 heterocycles. The van der Waals surface area contributed by atoms with Crippen LogP contribution < -0.4 is 11.1 Å². The largest absolute Gasteiger partial charge is 0.360 e. The van der Waals surface area contributed by atoms with Crippen LogP contribution in [0.4, 0.5) is 4.39 Å². The van der Waals surface area contributed by atoms with Gasteiger partial charge in [-0.1, -0.05) is 40.2 Å².